The van der Waals surface area contributed by atoms with Gasteiger partial charge in [0, 0.05) is 44.6 Å². The van der Waals surface area contributed by atoms with Crippen molar-refractivity contribution in [1.82, 2.24) is 19.8 Å². The van der Waals surface area contributed by atoms with E-state index in [1.165, 1.54) is 0 Å². The summed E-state index contributed by atoms with van der Waals surface area (Å²) in [5.41, 5.74) is 0.576. The number of carbonyl (C=O) groups excluding carboxylic acids is 1. The number of carbonyl (C=O) groups is 1. The summed E-state index contributed by atoms with van der Waals surface area (Å²) in [6.07, 6.45) is 5.63. The lowest BCUT2D eigenvalue weighted by atomic mass is 9.98. The van der Waals surface area contributed by atoms with Gasteiger partial charge in [0.15, 0.2) is 0 Å². The number of amides is 1. The first-order valence-electron chi connectivity index (χ1n) is 9.20. The Kier molecular flexibility index (Phi) is 5.86. The molecule has 0 N–H and O–H groups in total. The molecule has 2 fully saturated rings. The van der Waals surface area contributed by atoms with Crippen molar-refractivity contribution in [2.24, 2.45) is 5.92 Å². The molecule has 0 saturated carbocycles. The Labute approximate surface area is 150 Å². The highest BCUT2D eigenvalue weighted by atomic mass is 16.5. The van der Waals surface area contributed by atoms with E-state index in [4.69, 9.17) is 4.74 Å². The van der Waals surface area contributed by atoms with E-state index in [-0.39, 0.29) is 5.91 Å². The van der Waals surface area contributed by atoms with Crippen LogP contribution in [0.1, 0.15) is 30.1 Å². The van der Waals surface area contributed by atoms with Crippen LogP contribution in [0.25, 0.3) is 0 Å². The first-order chi connectivity index (χ1) is 12.1. The number of hydrogen-bond acceptors (Lipinski definition) is 6. The lowest BCUT2D eigenvalue weighted by Gasteiger charge is -2.26. The fourth-order valence-corrected chi connectivity index (χ4v) is 3.80. The maximum atomic E-state index is 12.8. The van der Waals surface area contributed by atoms with Gasteiger partial charge in [0.1, 0.15) is 0 Å². The molecule has 2 aliphatic rings. The first kappa shape index (κ1) is 18.1. The minimum atomic E-state index is 0.0407. The maximum Gasteiger partial charge on any atom is 0.257 e. The summed E-state index contributed by atoms with van der Waals surface area (Å²) in [5.74, 6) is 1.26. The highest BCUT2D eigenvalue weighted by Gasteiger charge is 2.36. The molecule has 2 saturated heterocycles. The zero-order chi connectivity index (χ0) is 17.8. The molecule has 7 heteroatoms. The topological polar surface area (TPSA) is 61.8 Å². The molecule has 1 aromatic rings. The molecular weight excluding hydrogens is 318 g/mol. The molecule has 0 aliphatic carbocycles. The smallest absolute Gasteiger partial charge is 0.257 e. The Morgan fingerprint density at radius 1 is 1.24 bits per heavy atom. The monoisotopic (exact) mass is 347 g/mol. The summed E-state index contributed by atoms with van der Waals surface area (Å²) >= 11 is 0. The lowest BCUT2D eigenvalue weighted by molar-refractivity contribution is 0.0780. The van der Waals surface area contributed by atoms with Crippen molar-refractivity contribution < 1.29 is 9.53 Å². The van der Waals surface area contributed by atoms with E-state index >= 15 is 0 Å². The van der Waals surface area contributed by atoms with Gasteiger partial charge in [0.25, 0.3) is 5.91 Å². The summed E-state index contributed by atoms with van der Waals surface area (Å²) in [6.45, 7) is 6.79. The predicted octanol–water partition coefficient (Wildman–Crippen LogP) is 1.12. The van der Waals surface area contributed by atoms with Crippen LogP contribution in [0, 0.1) is 5.92 Å². The zero-order valence-corrected chi connectivity index (χ0v) is 15.5. The third-order valence-corrected chi connectivity index (χ3v) is 5.20. The van der Waals surface area contributed by atoms with Crippen LogP contribution < -0.4 is 4.90 Å². The molecule has 138 valence electrons. The Morgan fingerprint density at radius 2 is 1.92 bits per heavy atom. The fraction of sp³-hybridized carbons (Fsp3) is 0.722. The molecule has 3 heterocycles. The normalized spacial score (nSPS) is 24.2. The van der Waals surface area contributed by atoms with Crippen molar-refractivity contribution in [2.75, 3.05) is 58.4 Å². The number of rotatable bonds is 5. The number of anilines is 1. The van der Waals surface area contributed by atoms with Gasteiger partial charge in [-0.1, -0.05) is 13.3 Å². The number of likely N-dealkylation sites (tertiary alicyclic amines) is 1. The van der Waals surface area contributed by atoms with Crippen LogP contribution in [0.15, 0.2) is 12.4 Å². The van der Waals surface area contributed by atoms with E-state index in [1.807, 2.05) is 4.90 Å². The Bertz CT molecular complexity index is 571. The molecule has 2 unspecified atom stereocenters. The van der Waals surface area contributed by atoms with Gasteiger partial charge in [0.2, 0.25) is 5.95 Å². The van der Waals surface area contributed by atoms with Crippen LogP contribution in [-0.4, -0.2) is 85.2 Å². The number of aromatic nitrogens is 2. The minimum absolute atomic E-state index is 0.0407. The summed E-state index contributed by atoms with van der Waals surface area (Å²) in [4.78, 5) is 27.9. The second kappa shape index (κ2) is 8.10. The third kappa shape index (κ3) is 4.10. The molecular formula is C18H29N5O2. The van der Waals surface area contributed by atoms with Gasteiger partial charge in [-0.05, 0) is 26.4 Å². The van der Waals surface area contributed by atoms with Crippen molar-refractivity contribution in [3.8, 4) is 0 Å². The van der Waals surface area contributed by atoms with Crippen molar-refractivity contribution in [2.45, 2.75) is 25.8 Å². The van der Waals surface area contributed by atoms with Crippen LogP contribution in [0.5, 0.6) is 0 Å². The van der Waals surface area contributed by atoms with Crippen molar-refractivity contribution in [3.05, 3.63) is 18.0 Å². The van der Waals surface area contributed by atoms with E-state index in [1.54, 1.807) is 12.4 Å². The molecule has 25 heavy (non-hydrogen) atoms. The second-order valence-electron chi connectivity index (χ2n) is 7.16. The maximum absolute atomic E-state index is 12.8. The highest BCUT2D eigenvalue weighted by Crippen LogP contribution is 2.26. The lowest BCUT2D eigenvalue weighted by Crippen LogP contribution is -2.37. The standard InChI is InChI=1S/C18H29N5O2/c1-4-5-14-12-23(13-16(14)21(2)3)17(24)15-10-19-18(20-11-15)22-6-8-25-9-7-22/h10-11,14,16H,4-9,12-13H2,1-3H3. The summed E-state index contributed by atoms with van der Waals surface area (Å²) < 4.78 is 5.35. The average Bonchev–Trinajstić information content (AvgIpc) is 3.07. The SMILES string of the molecule is CCCC1CN(C(=O)c2cnc(N3CCOCC3)nc2)CC1N(C)C. The number of ether oxygens (including phenoxy) is 1. The number of hydrogen-bond donors (Lipinski definition) is 0. The van der Waals surface area contributed by atoms with E-state index < -0.39 is 0 Å². The van der Waals surface area contributed by atoms with Gasteiger partial charge in [-0.3, -0.25) is 4.79 Å². The predicted molar refractivity (Wildman–Crippen MR) is 96.8 cm³/mol. The molecule has 0 spiro atoms. The summed E-state index contributed by atoms with van der Waals surface area (Å²) in [7, 11) is 4.20. The largest absolute Gasteiger partial charge is 0.378 e. The number of morpholine rings is 1. The molecule has 0 aromatic carbocycles. The average molecular weight is 347 g/mol. The van der Waals surface area contributed by atoms with Crippen LogP contribution in [0.4, 0.5) is 5.95 Å². The molecule has 0 bridgehead atoms. The summed E-state index contributed by atoms with van der Waals surface area (Å²) in [5, 5.41) is 0. The van der Waals surface area contributed by atoms with Gasteiger partial charge < -0.3 is 19.4 Å². The minimum Gasteiger partial charge on any atom is -0.378 e. The van der Waals surface area contributed by atoms with Crippen LogP contribution in [-0.2, 0) is 4.74 Å². The molecule has 3 rings (SSSR count). The van der Waals surface area contributed by atoms with Crippen molar-refractivity contribution in [3.63, 3.8) is 0 Å². The number of nitrogens with zero attached hydrogens (tertiary/aromatic N) is 5. The van der Waals surface area contributed by atoms with Crippen molar-refractivity contribution in [1.29, 1.82) is 0 Å². The molecule has 2 aliphatic heterocycles. The van der Waals surface area contributed by atoms with E-state index in [9.17, 15) is 4.79 Å². The first-order valence-corrected chi connectivity index (χ1v) is 9.20. The Hall–Kier alpha value is -1.73. The van der Waals surface area contributed by atoms with Gasteiger partial charge in [-0.2, -0.15) is 0 Å². The molecule has 0 radical (unpaired) electrons. The van der Waals surface area contributed by atoms with Crippen LogP contribution in [0.2, 0.25) is 0 Å². The van der Waals surface area contributed by atoms with E-state index in [2.05, 4.69) is 40.8 Å². The van der Waals surface area contributed by atoms with E-state index in [0.29, 0.717) is 36.7 Å². The van der Waals surface area contributed by atoms with Crippen molar-refractivity contribution >= 4 is 11.9 Å². The molecule has 1 amide bonds. The Balaban J connectivity index is 1.66. The third-order valence-electron chi connectivity index (χ3n) is 5.20. The van der Waals surface area contributed by atoms with Gasteiger partial charge in [-0.15, -0.1) is 0 Å². The van der Waals surface area contributed by atoms with Gasteiger partial charge in [0.05, 0.1) is 18.8 Å². The number of likely N-dealkylation sites (N-methyl/N-ethyl adjacent to an activating group) is 1. The molecule has 1 aromatic heterocycles. The zero-order valence-electron chi connectivity index (χ0n) is 15.5. The molecule has 2 atom stereocenters. The highest BCUT2D eigenvalue weighted by molar-refractivity contribution is 5.94. The quantitative estimate of drug-likeness (QED) is 0.795. The second-order valence-corrected chi connectivity index (χ2v) is 7.16. The summed E-state index contributed by atoms with van der Waals surface area (Å²) in [6, 6.07) is 0.428. The van der Waals surface area contributed by atoms with Gasteiger partial charge in [-0.25, -0.2) is 9.97 Å². The van der Waals surface area contributed by atoms with Crippen LogP contribution in [0.3, 0.4) is 0 Å². The van der Waals surface area contributed by atoms with Gasteiger partial charge >= 0.3 is 0 Å². The fourth-order valence-electron chi connectivity index (χ4n) is 3.80. The van der Waals surface area contributed by atoms with Crippen LogP contribution >= 0.6 is 0 Å². The van der Waals surface area contributed by atoms with E-state index in [0.717, 1.165) is 39.0 Å². The molecule has 7 nitrogen and oxygen atoms in total. The Morgan fingerprint density at radius 3 is 2.52 bits per heavy atom.